The number of rotatable bonds is 3. The van der Waals surface area contributed by atoms with E-state index in [9.17, 15) is 0 Å². The minimum absolute atomic E-state index is 0.363. The molecule has 2 heterocycles. The molecule has 2 aliphatic carbocycles. The predicted molar refractivity (Wildman–Crippen MR) is 106 cm³/mol. The highest BCUT2D eigenvalue weighted by Crippen LogP contribution is 2.36. The van der Waals surface area contributed by atoms with E-state index in [0.717, 1.165) is 49.5 Å². The van der Waals surface area contributed by atoms with Crippen molar-refractivity contribution in [3.63, 3.8) is 0 Å². The molecule has 134 valence electrons. The molecule has 4 aliphatic rings. The van der Waals surface area contributed by atoms with Crippen LogP contribution in [0.2, 0.25) is 0 Å². The van der Waals surface area contributed by atoms with Gasteiger partial charge in [0.25, 0.3) is 0 Å². The van der Waals surface area contributed by atoms with Crippen LogP contribution in [0.1, 0.15) is 57.8 Å². The maximum atomic E-state index is 6.11. The van der Waals surface area contributed by atoms with Gasteiger partial charge in [-0.1, -0.05) is 36.1 Å². The van der Waals surface area contributed by atoms with Crippen LogP contribution in [-0.2, 0) is 0 Å². The number of aliphatic imine (C=N–C) groups is 2. The van der Waals surface area contributed by atoms with Crippen molar-refractivity contribution in [3.8, 4) is 0 Å². The van der Waals surface area contributed by atoms with Gasteiger partial charge in [-0.05, 0) is 44.6 Å². The highest BCUT2D eigenvalue weighted by atomic mass is 35.5. The molecule has 1 fully saturated rings. The summed E-state index contributed by atoms with van der Waals surface area (Å²) in [6.07, 6.45) is 16.4. The van der Waals surface area contributed by atoms with Crippen molar-refractivity contribution < 1.29 is 0 Å². The molecule has 4 rings (SSSR count). The number of nitrogens with zero attached hydrogens (tertiary/aromatic N) is 3. The maximum Gasteiger partial charge on any atom is 0.121 e. The molecule has 1 N–H and O–H groups in total. The SMILES string of the molecule is ClC1=CCC(N=C2NN=C(CC3=CC=NCC3)C3CCCCC23)CC1. The highest BCUT2D eigenvalue weighted by Gasteiger charge is 2.36. The van der Waals surface area contributed by atoms with E-state index in [1.165, 1.54) is 37.0 Å². The van der Waals surface area contributed by atoms with Gasteiger partial charge < -0.3 is 0 Å². The van der Waals surface area contributed by atoms with E-state index in [4.69, 9.17) is 21.7 Å². The first-order chi connectivity index (χ1) is 12.3. The van der Waals surface area contributed by atoms with Crippen molar-refractivity contribution in [2.24, 2.45) is 26.9 Å². The van der Waals surface area contributed by atoms with Crippen molar-refractivity contribution in [1.29, 1.82) is 0 Å². The summed E-state index contributed by atoms with van der Waals surface area (Å²) in [5, 5.41) is 5.77. The molecule has 0 spiro atoms. The standard InChI is InChI=1S/C20H27ClN4/c21-15-5-7-16(8-6-15)23-20-18-4-2-1-3-17(18)19(24-25-20)13-14-9-11-22-12-10-14/h5,9,11,16-18H,1-4,6-8,10,12-13H2,(H,23,25). The van der Waals surface area contributed by atoms with Crippen molar-refractivity contribution >= 4 is 29.4 Å². The summed E-state index contributed by atoms with van der Waals surface area (Å²) in [5.41, 5.74) is 6.14. The molecule has 2 aliphatic heterocycles. The quantitative estimate of drug-likeness (QED) is 0.786. The monoisotopic (exact) mass is 358 g/mol. The van der Waals surface area contributed by atoms with Crippen LogP contribution in [0.5, 0.6) is 0 Å². The number of amidine groups is 1. The van der Waals surface area contributed by atoms with Gasteiger partial charge in [0, 0.05) is 41.8 Å². The fourth-order valence-corrected chi connectivity index (χ4v) is 4.65. The van der Waals surface area contributed by atoms with Crippen molar-refractivity contribution in [3.05, 3.63) is 22.8 Å². The molecule has 0 aromatic carbocycles. The van der Waals surface area contributed by atoms with E-state index in [1.807, 2.05) is 6.21 Å². The lowest BCUT2D eigenvalue weighted by molar-refractivity contribution is 0.355. The molecule has 0 saturated heterocycles. The average molecular weight is 359 g/mol. The van der Waals surface area contributed by atoms with E-state index in [2.05, 4.69) is 22.6 Å². The summed E-state index contributed by atoms with van der Waals surface area (Å²) < 4.78 is 0. The van der Waals surface area contributed by atoms with Gasteiger partial charge in [0.15, 0.2) is 0 Å². The number of hydrogen-bond donors (Lipinski definition) is 1. The lowest BCUT2D eigenvalue weighted by Crippen LogP contribution is -2.44. The third-order valence-electron chi connectivity index (χ3n) is 5.89. The molecule has 0 aromatic rings. The zero-order valence-electron chi connectivity index (χ0n) is 14.8. The Morgan fingerprint density at radius 2 is 2.04 bits per heavy atom. The minimum atomic E-state index is 0.363. The summed E-state index contributed by atoms with van der Waals surface area (Å²) >= 11 is 6.11. The first-order valence-electron chi connectivity index (χ1n) is 9.72. The maximum absolute atomic E-state index is 6.11. The molecule has 0 aromatic heterocycles. The molecule has 3 atom stereocenters. The second-order valence-corrected chi connectivity index (χ2v) is 8.10. The fourth-order valence-electron chi connectivity index (χ4n) is 4.45. The number of nitrogens with one attached hydrogen (secondary N) is 1. The Morgan fingerprint density at radius 3 is 2.80 bits per heavy atom. The molecule has 0 amide bonds. The zero-order valence-corrected chi connectivity index (χ0v) is 15.5. The first kappa shape index (κ1) is 17.0. The molecule has 0 radical (unpaired) electrons. The second-order valence-electron chi connectivity index (χ2n) is 7.61. The predicted octanol–water partition coefficient (Wildman–Crippen LogP) is 4.62. The number of allylic oxidation sites excluding steroid dienone is 2. The van der Waals surface area contributed by atoms with Crippen molar-refractivity contribution in [1.82, 2.24) is 5.43 Å². The van der Waals surface area contributed by atoms with Gasteiger partial charge in [0.1, 0.15) is 5.84 Å². The number of dihydropyridines is 1. The van der Waals surface area contributed by atoms with Gasteiger partial charge in [-0.15, -0.1) is 0 Å². The molecule has 3 unspecified atom stereocenters. The lowest BCUT2D eigenvalue weighted by atomic mass is 9.73. The summed E-state index contributed by atoms with van der Waals surface area (Å²) in [4.78, 5) is 9.35. The Hall–Kier alpha value is -1.42. The smallest absolute Gasteiger partial charge is 0.121 e. The Balaban J connectivity index is 1.51. The molecule has 5 heteroatoms. The topological polar surface area (TPSA) is 49.1 Å². The van der Waals surface area contributed by atoms with Crippen LogP contribution in [0.25, 0.3) is 0 Å². The van der Waals surface area contributed by atoms with Crippen LogP contribution >= 0.6 is 11.6 Å². The van der Waals surface area contributed by atoms with Crippen LogP contribution in [-0.4, -0.2) is 30.3 Å². The summed E-state index contributed by atoms with van der Waals surface area (Å²) in [6, 6.07) is 0.363. The van der Waals surface area contributed by atoms with Crippen molar-refractivity contribution in [2.45, 2.75) is 63.8 Å². The van der Waals surface area contributed by atoms with Gasteiger partial charge in [-0.2, -0.15) is 5.10 Å². The normalized spacial score (nSPS) is 33.9. The third-order valence-corrected chi connectivity index (χ3v) is 6.24. The van der Waals surface area contributed by atoms with E-state index in [0.29, 0.717) is 17.9 Å². The largest absolute Gasteiger partial charge is 0.293 e. The third kappa shape index (κ3) is 4.05. The van der Waals surface area contributed by atoms with Crippen molar-refractivity contribution in [2.75, 3.05) is 6.54 Å². The van der Waals surface area contributed by atoms with Crippen LogP contribution < -0.4 is 5.43 Å². The summed E-state index contributed by atoms with van der Waals surface area (Å²) in [6.45, 7) is 0.922. The van der Waals surface area contributed by atoms with E-state index in [1.54, 1.807) is 0 Å². The lowest BCUT2D eigenvalue weighted by Gasteiger charge is -2.37. The Morgan fingerprint density at radius 1 is 1.16 bits per heavy atom. The van der Waals surface area contributed by atoms with Gasteiger partial charge in [-0.25, -0.2) is 0 Å². The van der Waals surface area contributed by atoms with Gasteiger partial charge >= 0.3 is 0 Å². The Kier molecular flexibility index (Phi) is 5.35. The van der Waals surface area contributed by atoms with E-state index < -0.39 is 0 Å². The van der Waals surface area contributed by atoms with Gasteiger partial charge in [0.05, 0.1) is 6.04 Å². The number of halogens is 1. The summed E-state index contributed by atoms with van der Waals surface area (Å²) in [7, 11) is 0. The fraction of sp³-hybridized carbons (Fsp3) is 0.650. The average Bonchev–Trinajstić information content (AvgIpc) is 2.66. The number of hydrogen-bond acceptors (Lipinski definition) is 3. The number of fused-ring (bicyclic) bond motifs is 1. The molecule has 25 heavy (non-hydrogen) atoms. The van der Waals surface area contributed by atoms with Gasteiger partial charge in [0.2, 0.25) is 0 Å². The van der Waals surface area contributed by atoms with Crippen LogP contribution in [0.4, 0.5) is 0 Å². The molecule has 1 saturated carbocycles. The molecule has 4 nitrogen and oxygen atoms in total. The minimum Gasteiger partial charge on any atom is -0.293 e. The second kappa shape index (κ2) is 7.86. The molecular weight excluding hydrogens is 332 g/mol. The zero-order chi connectivity index (χ0) is 17.1. The van der Waals surface area contributed by atoms with Gasteiger partial charge in [-0.3, -0.25) is 15.4 Å². The number of hydrazone groups is 1. The molecular formula is C20H27ClN4. The first-order valence-corrected chi connectivity index (χ1v) is 10.1. The van der Waals surface area contributed by atoms with Crippen LogP contribution in [0.3, 0.4) is 0 Å². The van der Waals surface area contributed by atoms with E-state index in [-0.39, 0.29) is 0 Å². The Labute approximate surface area is 155 Å². The van der Waals surface area contributed by atoms with Crippen LogP contribution in [0, 0.1) is 11.8 Å². The Bertz CT molecular complexity index is 659. The van der Waals surface area contributed by atoms with Crippen LogP contribution in [0.15, 0.2) is 37.8 Å². The highest BCUT2D eigenvalue weighted by molar-refractivity contribution is 6.29. The molecule has 0 bridgehead atoms. The summed E-state index contributed by atoms with van der Waals surface area (Å²) in [5.74, 6) is 2.22. The van der Waals surface area contributed by atoms with E-state index >= 15 is 0 Å².